The molecule has 3 rings (SSSR count). The maximum Gasteiger partial charge on any atom is 0.139 e. The lowest BCUT2D eigenvalue weighted by molar-refractivity contribution is 0.307. The number of aromatic nitrogens is 1. The van der Waals surface area contributed by atoms with Gasteiger partial charge in [0.15, 0.2) is 0 Å². The summed E-state index contributed by atoms with van der Waals surface area (Å²) in [4.78, 5) is 0. The Balaban J connectivity index is 1.93. The van der Waals surface area contributed by atoms with Crippen molar-refractivity contribution in [2.75, 3.05) is 0 Å². The van der Waals surface area contributed by atoms with Gasteiger partial charge in [0.2, 0.25) is 0 Å². The van der Waals surface area contributed by atoms with Gasteiger partial charge in [0.1, 0.15) is 18.1 Å². The van der Waals surface area contributed by atoms with Crippen LogP contribution in [-0.4, -0.2) is 9.67 Å². The van der Waals surface area contributed by atoms with E-state index in [9.17, 15) is 5.11 Å². The van der Waals surface area contributed by atoms with E-state index in [-0.39, 0.29) is 5.75 Å². The van der Waals surface area contributed by atoms with Crippen LogP contribution in [0.15, 0.2) is 48.7 Å². The van der Waals surface area contributed by atoms with E-state index in [1.54, 1.807) is 12.1 Å². The fourth-order valence-corrected chi connectivity index (χ4v) is 2.55. The molecule has 0 spiro atoms. The van der Waals surface area contributed by atoms with E-state index in [4.69, 9.17) is 16.3 Å². The number of nitrogens with zero attached hydrogens (tertiary/aromatic N) is 1. The molecular weight excluding hydrogens is 274 g/mol. The first-order chi connectivity index (χ1) is 9.66. The Labute approximate surface area is 122 Å². The summed E-state index contributed by atoms with van der Waals surface area (Å²) in [5, 5.41) is 11.5. The van der Waals surface area contributed by atoms with Gasteiger partial charge < -0.3 is 14.4 Å². The van der Waals surface area contributed by atoms with Crippen molar-refractivity contribution in [3.8, 4) is 11.5 Å². The van der Waals surface area contributed by atoms with Crippen molar-refractivity contribution in [3.05, 3.63) is 59.2 Å². The summed E-state index contributed by atoms with van der Waals surface area (Å²) in [7, 11) is 1.90. The van der Waals surface area contributed by atoms with Gasteiger partial charge in [0.25, 0.3) is 0 Å². The number of para-hydroxylation sites is 2. The monoisotopic (exact) mass is 287 g/mol. The number of halogens is 1. The highest BCUT2D eigenvalue weighted by atomic mass is 35.5. The Hall–Kier alpha value is -2.13. The minimum absolute atomic E-state index is 0.272. The van der Waals surface area contributed by atoms with Crippen LogP contribution in [0.3, 0.4) is 0 Å². The van der Waals surface area contributed by atoms with Gasteiger partial charge in [-0.1, -0.05) is 35.9 Å². The van der Waals surface area contributed by atoms with Gasteiger partial charge in [0.05, 0.1) is 10.5 Å². The van der Waals surface area contributed by atoms with E-state index in [1.807, 2.05) is 48.1 Å². The molecule has 1 N–H and O–H groups in total. The summed E-state index contributed by atoms with van der Waals surface area (Å²) >= 11 is 6.07. The van der Waals surface area contributed by atoms with Crippen LogP contribution in [0.5, 0.6) is 11.5 Å². The summed E-state index contributed by atoms with van der Waals surface area (Å²) in [6, 6.07) is 12.9. The topological polar surface area (TPSA) is 34.4 Å². The van der Waals surface area contributed by atoms with E-state index >= 15 is 0 Å². The summed E-state index contributed by atoms with van der Waals surface area (Å²) in [5.41, 5.74) is 1.82. The van der Waals surface area contributed by atoms with Crippen molar-refractivity contribution in [1.29, 1.82) is 0 Å². The van der Waals surface area contributed by atoms with E-state index < -0.39 is 0 Å². The molecule has 0 radical (unpaired) electrons. The molecule has 0 fully saturated rings. The number of ether oxygens (including phenoxy) is 1. The van der Waals surface area contributed by atoms with Gasteiger partial charge in [-0.25, -0.2) is 0 Å². The molecule has 0 aliphatic heterocycles. The quantitative estimate of drug-likeness (QED) is 0.786. The van der Waals surface area contributed by atoms with Crippen molar-refractivity contribution in [2.24, 2.45) is 7.05 Å². The molecule has 3 aromatic rings. The van der Waals surface area contributed by atoms with Crippen molar-refractivity contribution in [1.82, 2.24) is 4.57 Å². The summed E-state index contributed by atoms with van der Waals surface area (Å²) < 4.78 is 7.66. The number of phenols is 1. The molecule has 0 aliphatic rings. The van der Waals surface area contributed by atoms with Crippen molar-refractivity contribution in [2.45, 2.75) is 6.61 Å². The first-order valence-corrected chi connectivity index (χ1v) is 6.68. The van der Waals surface area contributed by atoms with E-state index in [0.717, 1.165) is 16.5 Å². The van der Waals surface area contributed by atoms with Gasteiger partial charge in [-0.05, 0) is 18.2 Å². The molecule has 0 saturated heterocycles. The minimum Gasteiger partial charge on any atom is -0.506 e. The molecule has 1 aromatic heterocycles. The smallest absolute Gasteiger partial charge is 0.139 e. The average Bonchev–Trinajstić information content (AvgIpc) is 2.76. The molecule has 1 heterocycles. The van der Waals surface area contributed by atoms with Crippen molar-refractivity contribution < 1.29 is 9.84 Å². The van der Waals surface area contributed by atoms with E-state index in [0.29, 0.717) is 17.4 Å². The van der Waals surface area contributed by atoms with Crippen LogP contribution >= 0.6 is 11.6 Å². The zero-order chi connectivity index (χ0) is 14.1. The van der Waals surface area contributed by atoms with Gasteiger partial charge in [0, 0.05) is 24.2 Å². The standard InChI is InChI=1S/C16H14ClNO2/c1-18-9-11(12-5-4-7-14(19)16(12)18)10-20-15-8-3-2-6-13(15)17/h2-9,19H,10H2,1H3. The summed E-state index contributed by atoms with van der Waals surface area (Å²) in [6.07, 6.45) is 1.96. The fourth-order valence-electron chi connectivity index (χ4n) is 2.36. The number of fused-ring (bicyclic) bond motifs is 1. The average molecular weight is 288 g/mol. The minimum atomic E-state index is 0.272. The number of hydrogen-bond acceptors (Lipinski definition) is 2. The Morgan fingerprint density at radius 1 is 1.15 bits per heavy atom. The fraction of sp³-hybridized carbons (Fsp3) is 0.125. The molecule has 102 valence electrons. The second-order valence-electron chi connectivity index (χ2n) is 4.66. The molecular formula is C16H14ClNO2. The molecule has 0 aliphatic carbocycles. The summed E-state index contributed by atoms with van der Waals surface area (Å²) in [5.74, 6) is 0.931. The number of phenolic OH excluding ortho intramolecular Hbond substituents is 1. The van der Waals surface area contributed by atoms with Crippen LogP contribution in [0.4, 0.5) is 0 Å². The predicted octanol–water partition coefficient (Wildman–Crippen LogP) is 4.12. The van der Waals surface area contributed by atoms with Crippen molar-refractivity contribution >= 4 is 22.5 Å². The van der Waals surface area contributed by atoms with Crippen molar-refractivity contribution in [3.63, 3.8) is 0 Å². The number of rotatable bonds is 3. The molecule has 20 heavy (non-hydrogen) atoms. The molecule has 3 nitrogen and oxygen atoms in total. The molecule has 0 saturated carbocycles. The third-order valence-electron chi connectivity index (χ3n) is 3.28. The lowest BCUT2D eigenvalue weighted by Crippen LogP contribution is -1.95. The summed E-state index contributed by atoms with van der Waals surface area (Å²) in [6.45, 7) is 0.407. The van der Waals surface area contributed by atoms with Crippen LogP contribution in [0, 0.1) is 0 Å². The SMILES string of the molecule is Cn1cc(COc2ccccc2Cl)c2cccc(O)c21. The highest BCUT2D eigenvalue weighted by molar-refractivity contribution is 6.32. The van der Waals surface area contributed by atoms with Crippen LogP contribution < -0.4 is 4.74 Å². The Morgan fingerprint density at radius 2 is 1.95 bits per heavy atom. The van der Waals surface area contributed by atoms with Crippen LogP contribution in [0.25, 0.3) is 10.9 Å². The number of aryl methyl sites for hydroxylation is 1. The third kappa shape index (κ3) is 2.21. The van der Waals surface area contributed by atoms with Gasteiger partial charge in [-0.2, -0.15) is 0 Å². The molecule has 2 aromatic carbocycles. The zero-order valence-corrected chi connectivity index (χ0v) is 11.8. The maximum absolute atomic E-state index is 9.91. The third-order valence-corrected chi connectivity index (χ3v) is 3.59. The number of hydrogen-bond donors (Lipinski definition) is 1. The Morgan fingerprint density at radius 3 is 2.75 bits per heavy atom. The van der Waals surface area contributed by atoms with Crippen LogP contribution in [-0.2, 0) is 13.7 Å². The normalized spacial score (nSPS) is 10.9. The first-order valence-electron chi connectivity index (χ1n) is 6.30. The first kappa shape index (κ1) is 12.9. The number of benzene rings is 2. The van der Waals surface area contributed by atoms with Crippen LogP contribution in [0.2, 0.25) is 5.02 Å². The second-order valence-corrected chi connectivity index (χ2v) is 5.06. The van der Waals surface area contributed by atoms with Gasteiger partial charge >= 0.3 is 0 Å². The molecule has 0 bridgehead atoms. The molecule has 4 heteroatoms. The van der Waals surface area contributed by atoms with E-state index in [1.165, 1.54) is 0 Å². The lowest BCUT2D eigenvalue weighted by Gasteiger charge is -2.06. The second kappa shape index (κ2) is 5.10. The highest BCUT2D eigenvalue weighted by Crippen LogP contribution is 2.30. The predicted molar refractivity (Wildman–Crippen MR) is 80.4 cm³/mol. The Kier molecular flexibility index (Phi) is 3.28. The lowest BCUT2D eigenvalue weighted by atomic mass is 10.2. The zero-order valence-electron chi connectivity index (χ0n) is 11.0. The van der Waals surface area contributed by atoms with Gasteiger partial charge in [-0.15, -0.1) is 0 Å². The molecule has 0 atom stereocenters. The number of aromatic hydroxyl groups is 1. The van der Waals surface area contributed by atoms with E-state index in [2.05, 4.69) is 0 Å². The maximum atomic E-state index is 9.91. The molecule has 0 unspecified atom stereocenters. The van der Waals surface area contributed by atoms with Crippen LogP contribution in [0.1, 0.15) is 5.56 Å². The molecule has 0 amide bonds. The largest absolute Gasteiger partial charge is 0.506 e. The highest BCUT2D eigenvalue weighted by Gasteiger charge is 2.10. The van der Waals surface area contributed by atoms with Gasteiger partial charge in [-0.3, -0.25) is 0 Å². The Bertz CT molecular complexity index is 764.